The zero-order chi connectivity index (χ0) is 18.1. The number of hydrogen-bond donors (Lipinski definition) is 0. The van der Waals surface area contributed by atoms with Gasteiger partial charge in [-0.25, -0.2) is 0 Å². The van der Waals surface area contributed by atoms with E-state index in [1.54, 1.807) is 6.20 Å². The van der Waals surface area contributed by atoms with Crippen molar-refractivity contribution in [2.24, 2.45) is 0 Å². The van der Waals surface area contributed by atoms with Gasteiger partial charge in [0, 0.05) is 31.0 Å². The lowest BCUT2D eigenvalue weighted by molar-refractivity contribution is -0.128. The zero-order valence-corrected chi connectivity index (χ0v) is 14.2. The van der Waals surface area contributed by atoms with Gasteiger partial charge in [-0.15, -0.1) is 10.2 Å². The summed E-state index contributed by atoms with van der Waals surface area (Å²) in [7, 11) is 0. The van der Waals surface area contributed by atoms with Crippen LogP contribution < -0.4 is 4.90 Å². The first-order valence-corrected chi connectivity index (χ1v) is 8.70. The molecule has 1 aromatic carbocycles. The molecule has 136 valence electrons. The van der Waals surface area contributed by atoms with E-state index in [2.05, 4.69) is 39.4 Å². The summed E-state index contributed by atoms with van der Waals surface area (Å²) in [6, 6.07) is 14.2. The first kappa shape index (κ1) is 16.9. The molecular formula is C19H19F3N4. The molecule has 0 amide bonds. The zero-order valence-electron chi connectivity index (χ0n) is 14.2. The summed E-state index contributed by atoms with van der Waals surface area (Å²) < 4.78 is 39.2. The van der Waals surface area contributed by atoms with Crippen molar-refractivity contribution in [3.63, 3.8) is 0 Å². The minimum atomic E-state index is -4.29. The number of aromatic nitrogens is 3. The Balaban J connectivity index is 1.48. The summed E-state index contributed by atoms with van der Waals surface area (Å²) in [5.74, 6) is 0.476. The molecule has 4 nitrogen and oxygen atoms in total. The monoisotopic (exact) mass is 360 g/mol. The highest BCUT2D eigenvalue weighted by Crippen LogP contribution is 2.31. The second-order valence-corrected chi connectivity index (χ2v) is 6.69. The fourth-order valence-corrected chi connectivity index (χ4v) is 3.62. The molecule has 0 atom stereocenters. The lowest BCUT2D eigenvalue weighted by Gasteiger charge is -2.33. The van der Waals surface area contributed by atoms with Crippen LogP contribution in [0.1, 0.15) is 30.1 Å². The van der Waals surface area contributed by atoms with Crippen LogP contribution in [0.25, 0.3) is 5.65 Å². The van der Waals surface area contributed by atoms with Gasteiger partial charge in [0.15, 0.2) is 5.65 Å². The number of hydrogen-bond acceptors (Lipinski definition) is 3. The van der Waals surface area contributed by atoms with Gasteiger partial charge in [0.2, 0.25) is 0 Å². The highest BCUT2D eigenvalue weighted by atomic mass is 19.4. The maximum absolute atomic E-state index is 12.6. The molecule has 3 aromatic rings. The predicted molar refractivity (Wildman–Crippen MR) is 93.4 cm³/mol. The molecule has 0 unspecified atom stereocenters. The molecule has 0 N–H and O–H groups in total. The number of benzene rings is 1. The van der Waals surface area contributed by atoms with Gasteiger partial charge in [0.05, 0.1) is 0 Å². The first-order chi connectivity index (χ1) is 12.5. The standard InChI is InChI=1S/C19H19F3N4/c20-19(21,22)13-18-24-23-17-12-16(8-11-26(17)18)25-9-6-15(7-10-25)14-4-2-1-3-5-14/h1-5,8,11-12,15H,6-7,9-10,13H2. The smallest absolute Gasteiger partial charge is 0.371 e. The molecule has 26 heavy (non-hydrogen) atoms. The number of piperidine rings is 1. The van der Waals surface area contributed by atoms with E-state index < -0.39 is 12.6 Å². The molecule has 1 fully saturated rings. The van der Waals surface area contributed by atoms with E-state index in [0.29, 0.717) is 11.6 Å². The second-order valence-electron chi connectivity index (χ2n) is 6.69. The Kier molecular flexibility index (Phi) is 4.30. The quantitative estimate of drug-likeness (QED) is 0.701. The van der Waals surface area contributed by atoms with Gasteiger partial charge in [-0.3, -0.25) is 4.40 Å². The van der Waals surface area contributed by atoms with Gasteiger partial charge in [0.1, 0.15) is 12.2 Å². The summed E-state index contributed by atoms with van der Waals surface area (Å²) in [6.07, 6.45) is -1.62. The van der Waals surface area contributed by atoms with Crippen LogP contribution in [0, 0.1) is 0 Å². The number of fused-ring (bicyclic) bond motifs is 1. The van der Waals surface area contributed by atoms with Crippen molar-refractivity contribution >= 4 is 11.3 Å². The average molecular weight is 360 g/mol. The Hall–Kier alpha value is -2.57. The topological polar surface area (TPSA) is 33.4 Å². The third kappa shape index (κ3) is 3.52. The van der Waals surface area contributed by atoms with Crippen molar-refractivity contribution in [3.8, 4) is 0 Å². The van der Waals surface area contributed by atoms with Crippen LogP contribution in [-0.4, -0.2) is 33.9 Å². The maximum Gasteiger partial charge on any atom is 0.396 e. The molecule has 0 radical (unpaired) electrons. The summed E-state index contributed by atoms with van der Waals surface area (Å²) >= 11 is 0. The van der Waals surface area contributed by atoms with Crippen LogP contribution in [0.2, 0.25) is 0 Å². The van der Waals surface area contributed by atoms with E-state index in [1.807, 2.05) is 18.2 Å². The third-order valence-corrected chi connectivity index (χ3v) is 4.95. The van der Waals surface area contributed by atoms with E-state index in [-0.39, 0.29) is 5.82 Å². The van der Waals surface area contributed by atoms with Gasteiger partial charge >= 0.3 is 6.18 Å². The van der Waals surface area contributed by atoms with Crippen LogP contribution in [0.15, 0.2) is 48.7 Å². The largest absolute Gasteiger partial charge is 0.396 e. The Bertz CT molecular complexity index is 881. The van der Waals surface area contributed by atoms with Crippen LogP contribution in [0.3, 0.4) is 0 Å². The molecule has 3 heterocycles. The van der Waals surface area contributed by atoms with Crippen molar-refractivity contribution in [2.75, 3.05) is 18.0 Å². The molecular weight excluding hydrogens is 341 g/mol. The lowest BCUT2D eigenvalue weighted by Crippen LogP contribution is -2.32. The highest BCUT2D eigenvalue weighted by molar-refractivity contribution is 5.56. The number of pyridine rings is 1. The SMILES string of the molecule is FC(F)(F)Cc1nnc2cc(N3CCC(c4ccccc4)CC3)ccn12. The molecule has 4 rings (SSSR count). The molecule has 0 saturated carbocycles. The molecule has 1 aliphatic rings. The van der Waals surface area contributed by atoms with Crippen molar-refractivity contribution in [1.82, 2.24) is 14.6 Å². The number of halogens is 3. The fraction of sp³-hybridized carbons (Fsp3) is 0.368. The average Bonchev–Trinajstić information content (AvgIpc) is 3.03. The Morgan fingerprint density at radius 2 is 1.73 bits per heavy atom. The molecule has 0 bridgehead atoms. The Morgan fingerprint density at radius 1 is 1.00 bits per heavy atom. The number of nitrogens with zero attached hydrogens (tertiary/aromatic N) is 4. The van der Waals surface area contributed by atoms with Crippen molar-refractivity contribution in [2.45, 2.75) is 31.4 Å². The van der Waals surface area contributed by atoms with E-state index in [1.165, 1.54) is 9.96 Å². The molecule has 0 aliphatic carbocycles. The van der Waals surface area contributed by atoms with E-state index in [0.717, 1.165) is 31.6 Å². The minimum Gasteiger partial charge on any atom is -0.371 e. The van der Waals surface area contributed by atoms with Gasteiger partial charge in [-0.05, 0) is 30.4 Å². The van der Waals surface area contributed by atoms with Crippen LogP contribution in [0.5, 0.6) is 0 Å². The number of anilines is 1. The van der Waals surface area contributed by atoms with E-state index in [9.17, 15) is 13.2 Å². The minimum absolute atomic E-state index is 0.0816. The maximum atomic E-state index is 12.6. The molecule has 1 aliphatic heterocycles. The lowest BCUT2D eigenvalue weighted by atomic mass is 9.89. The van der Waals surface area contributed by atoms with Crippen LogP contribution in [-0.2, 0) is 6.42 Å². The van der Waals surface area contributed by atoms with Crippen LogP contribution >= 0.6 is 0 Å². The van der Waals surface area contributed by atoms with Crippen molar-refractivity contribution in [1.29, 1.82) is 0 Å². The van der Waals surface area contributed by atoms with Crippen molar-refractivity contribution < 1.29 is 13.2 Å². The Morgan fingerprint density at radius 3 is 2.42 bits per heavy atom. The molecule has 1 saturated heterocycles. The molecule has 7 heteroatoms. The normalized spacial score (nSPS) is 16.3. The summed E-state index contributed by atoms with van der Waals surface area (Å²) in [6.45, 7) is 1.83. The van der Waals surface area contributed by atoms with E-state index >= 15 is 0 Å². The summed E-state index contributed by atoms with van der Waals surface area (Å²) in [5.41, 5.74) is 2.80. The van der Waals surface area contributed by atoms with Gasteiger partial charge < -0.3 is 4.90 Å². The summed E-state index contributed by atoms with van der Waals surface area (Å²) in [4.78, 5) is 2.26. The second kappa shape index (κ2) is 6.63. The highest BCUT2D eigenvalue weighted by Gasteiger charge is 2.30. The van der Waals surface area contributed by atoms with Gasteiger partial charge in [-0.1, -0.05) is 30.3 Å². The predicted octanol–water partition coefficient (Wildman–Crippen LogP) is 4.22. The number of rotatable bonds is 3. The third-order valence-electron chi connectivity index (χ3n) is 4.95. The first-order valence-electron chi connectivity index (χ1n) is 8.70. The van der Waals surface area contributed by atoms with Crippen molar-refractivity contribution in [3.05, 3.63) is 60.0 Å². The van der Waals surface area contributed by atoms with E-state index in [4.69, 9.17) is 0 Å². The number of alkyl halides is 3. The fourth-order valence-electron chi connectivity index (χ4n) is 3.62. The molecule has 0 spiro atoms. The Labute approximate surface area is 149 Å². The molecule has 2 aromatic heterocycles. The van der Waals surface area contributed by atoms with Gasteiger partial charge in [0.25, 0.3) is 0 Å². The summed E-state index contributed by atoms with van der Waals surface area (Å²) in [5, 5.41) is 7.60. The van der Waals surface area contributed by atoms with Crippen LogP contribution in [0.4, 0.5) is 18.9 Å². The van der Waals surface area contributed by atoms with Gasteiger partial charge in [-0.2, -0.15) is 13.2 Å².